The van der Waals surface area contributed by atoms with Crippen molar-refractivity contribution in [2.24, 2.45) is 12.1 Å². The van der Waals surface area contributed by atoms with Crippen LogP contribution in [0.15, 0.2) is 49.5 Å². The first kappa shape index (κ1) is 22.7. The number of hydrazone groups is 1. The number of imidazole rings is 1. The van der Waals surface area contributed by atoms with Crippen molar-refractivity contribution in [3.8, 4) is 0 Å². The summed E-state index contributed by atoms with van der Waals surface area (Å²) in [7, 11) is 1.59. The van der Waals surface area contributed by atoms with Gasteiger partial charge in [-0.15, -0.1) is 0 Å². The van der Waals surface area contributed by atoms with Gasteiger partial charge in [0, 0.05) is 18.1 Å². The summed E-state index contributed by atoms with van der Waals surface area (Å²) >= 11 is 3.48. The van der Waals surface area contributed by atoms with Crippen LogP contribution < -0.4 is 16.7 Å². The SMILES string of the molecule is CCCCCCCn1c(NN=CC(Br)=Cc2ccccc2)nc2c1c(=O)[nH]c(=O)n2C. The highest BCUT2D eigenvalue weighted by molar-refractivity contribution is 9.12. The monoisotopic (exact) mass is 486 g/mol. The van der Waals surface area contributed by atoms with Crippen LogP contribution in [0.25, 0.3) is 17.2 Å². The summed E-state index contributed by atoms with van der Waals surface area (Å²) in [5.74, 6) is 0.424. The van der Waals surface area contributed by atoms with E-state index in [0.717, 1.165) is 29.3 Å². The summed E-state index contributed by atoms with van der Waals surface area (Å²) < 4.78 is 3.91. The number of hydrogen-bond acceptors (Lipinski definition) is 5. The molecule has 3 aromatic rings. The normalized spacial score (nSPS) is 12.2. The lowest BCUT2D eigenvalue weighted by Gasteiger charge is -2.08. The van der Waals surface area contributed by atoms with Crippen molar-refractivity contribution in [3.63, 3.8) is 0 Å². The number of benzene rings is 1. The Balaban J connectivity index is 1.85. The lowest BCUT2D eigenvalue weighted by molar-refractivity contribution is 0.577. The molecule has 2 N–H and O–H groups in total. The molecule has 164 valence electrons. The number of halogens is 1. The number of anilines is 1. The molecule has 1 aromatic carbocycles. The van der Waals surface area contributed by atoms with Crippen LogP contribution >= 0.6 is 15.9 Å². The molecule has 0 saturated carbocycles. The van der Waals surface area contributed by atoms with Gasteiger partial charge in [0.05, 0.1) is 6.21 Å². The zero-order chi connectivity index (χ0) is 22.2. The molecule has 0 fully saturated rings. The average Bonchev–Trinajstić information content (AvgIpc) is 3.12. The van der Waals surface area contributed by atoms with Crippen molar-refractivity contribution in [2.45, 2.75) is 45.6 Å². The molecule has 9 heteroatoms. The Morgan fingerprint density at radius 1 is 1.19 bits per heavy atom. The minimum Gasteiger partial charge on any atom is -0.303 e. The number of rotatable bonds is 10. The zero-order valence-electron chi connectivity index (χ0n) is 17.8. The van der Waals surface area contributed by atoms with Crippen LogP contribution in [-0.4, -0.2) is 25.3 Å². The van der Waals surface area contributed by atoms with Crippen LogP contribution in [0.5, 0.6) is 0 Å². The van der Waals surface area contributed by atoms with Crippen LogP contribution in [0.4, 0.5) is 5.95 Å². The van der Waals surface area contributed by atoms with Crippen molar-refractivity contribution in [1.29, 1.82) is 0 Å². The van der Waals surface area contributed by atoms with Gasteiger partial charge in [0.1, 0.15) is 0 Å². The van der Waals surface area contributed by atoms with Crippen LogP contribution in [0.3, 0.4) is 0 Å². The molecule has 8 nitrogen and oxygen atoms in total. The third-order valence-corrected chi connectivity index (χ3v) is 5.38. The van der Waals surface area contributed by atoms with Crippen molar-refractivity contribution < 1.29 is 0 Å². The predicted octanol–water partition coefficient (Wildman–Crippen LogP) is 4.23. The Bertz CT molecular complexity index is 1190. The second kappa shape index (κ2) is 10.9. The molecule has 0 atom stereocenters. The highest BCUT2D eigenvalue weighted by atomic mass is 79.9. The van der Waals surface area contributed by atoms with Crippen LogP contribution in [0.2, 0.25) is 0 Å². The van der Waals surface area contributed by atoms with Gasteiger partial charge >= 0.3 is 5.69 Å². The lowest BCUT2D eigenvalue weighted by Crippen LogP contribution is -2.29. The molecule has 3 rings (SSSR count). The Hall–Kier alpha value is -2.94. The topological polar surface area (TPSA) is 97.1 Å². The summed E-state index contributed by atoms with van der Waals surface area (Å²) in [6, 6.07) is 9.88. The molecule has 0 spiro atoms. The molecule has 31 heavy (non-hydrogen) atoms. The first-order valence-electron chi connectivity index (χ1n) is 10.4. The Kier molecular flexibility index (Phi) is 8.00. The third kappa shape index (κ3) is 5.81. The van der Waals surface area contributed by atoms with Crippen molar-refractivity contribution in [1.82, 2.24) is 19.1 Å². The van der Waals surface area contributed by atoms with Gasteiger partial charge in [-0.1, -0.05) is 62.9 Å². The molecule has 0 saturated heterocycles. The van der Waals surface area contributed by atoms with E-state index in [1.165, 1.54) is 17.4 Å². The molecular formula is C22H27BrN6O2. The van der Waals surface area contributed by atoms with E-state index >= 15 is 0 Å². The summed E-state index contributed by atoms with van der Waals surface area (Å²) in [6.45, 7) is 2.79. The van der Waals surface area contributed by atoms with E-state index in [-0.39, 0.29) is 0 Å². The molecule has 0 aliphatic heterocycles. The molecule has 0 radical (unpaired) electrons. The van der Waals surface area contributed by atoms with Gasteiger partial charge in [0.2, 0.25) is 5.95 Å². The van der Waals surface area contributed by atoms with Crippen molar-refractivity contribution in [3.05, 3.63) is 61.2 Å². The third-order valence-electron chi connectivity index (χ3n) is 4.95. The van der Waals surface area contributed by atoms with E-state index < -0.39 is 11.2 Å². The highest BCUT2D eigenvalue weighted by Gasteiger charge is 2.16. The number of hydrogen-bond donors (Lipinski definition) is 2. The van der Waals surface area contributed by atoms with E-state index in [1.54, 1.807) is 17.8 Å². The fourth-order valence-corrected chi connectivity index (χ4v) is 3.68. The van der Waals surface area contributed by atoms with Gasteiger partial charge in [-0.05, 0) is 34.0 Å². The number of aromatic nitrogens is 4. The number of H-pyrrole nitrogens is 1. The molecule has 0 unspecified atom stereocenters. The summed E-state index contributed by atoms with van der Waals surface area (Å²) in [6.07, 6.45) is 9.04. The Morgan fingerprint density at radius 3 is 2.68 bits per heavy atom. The van der Waals surface area contributed by atoms with Gasteiger partial charge in [0.15, 0.2) is 11.2 Å². The van der Waals surface area contributed by atoms with E-state index in [0.29, 0.717) is 23.7 Å². The predicted molar refractivity (Wildman–Crippen MR) is 130 cm³/mol. The minimum atomic E-state index is -0.492. The number of aromatic amines is 1. The van der Waals surface area contributed by atoms with Gasteiger partial charge in [-0.3, -0.25) is 14.3 Å². The van der Waals surface area contributed by atoms with Crippen LogP contribution in [0, 0.1) is 0 Å². The van der Waals surface area contributed by atoms with Crippen LogP contribution in [0.1, 0.15) is 44.6 Å². The van der Waals surface area contributed by atoms with E-state index in [1.807, 2.05) is 36.4 Å². The maximum atomic E-state index is 12.5. The molecular weight excluding hydrogens is 460 g/mol. The molecule has 0 aliphatic carbocycles. The van der Waals surface area contributed by atoms with Crippen LogP contribution in [-0.2, 0) is 13.6 Å². The number of aryl methyl sites for hydroxylation is 2. The van der Waals surface area contributed by atoms with Gasteiger partial charge in [0.25, 0.3) is 5.56 Å². The van der Waals surface area contributed by atoms with Gasteiger partial charge in [-0.25, -0.2) is 10.2 Å². The first-order chi connectivity index (χ1) is 15.0. The first-order valence-corrected chi connectivity index (χ1v) is 11.2. The number of allylic oxidation sites excluding steroid dienone is 1. The summed E-state index contributed by atoms with van der Waals surface area (Å²) in [4.78, 5) is 31.3. The maximum absolute atomic E-state index is 12.5. The molecule has 0 aliphatic rings. The average molecular weight is 487 g/mol. The highest BCUT2D eigenvalue weighted by Crippen LogP contribution is 2.17. The van der Waals surface area contributed by atoms with Crippen molar-refractivity contribution >= 4 is 45.3 Å². The number of nitrogens with zero attached hydrogens (tertiary/aromatic N) is 4. The second-order valence-electron chi connectivity index (χ2n) is 7.30. The molecule has 2 aromatic heterocycles. The lowest BCUT2D eigenvalue weighted by atomic mass is 10.1. The van der Waals surface area contributed by atoms with Gasteiger partial charge in [-0.2, -0.15) is 10.1 Å². The van der Waals surface area contributed by atoms with Gasteiger partial charge < -0.3 is 4.57 Å². The molecule has 0 bridgehead atoms. The number of unbranched alkanes of at least 4 members (excludes halogenated alkanes) is 4. The summed E-state index contributed by atoms with van der Waals surface area (Å²) in [5, 5.41) is 4.26. The quantitative estimate of drug-likeness (QED) is 0.254. The zero-order valence-corrected chi connectivity index (χ0v) is 19.4. The number of fused-ring (bicyclic) bond motifs is 1. The fraction of sp³-hybridized carbons (Fsp3) is 0.364. The second-order valence-corrected chi connectivity index (χ2v) is 8.22. The van der Waals surface area contributed by atoms with E-state index in [2.05, 4.69) is 43.3 Å². The number of nitrogens with one attached hydrogen (secondary N) is 2. The molecule has 2 heterocycles. The largest absolute Gasteiger partial charge is 0.329 e. The minimum absolute atomic E-state index is 0.332. The Morgan fingerprint density at radius 2 is 1.94 bits per heavy atom. The van der Waals surface area contributed by atoms with E-state index in [4.69, 9.17) is 0 Å². The van der Waals surface area contributed by atoms with E-state index in [9.17, 15) is 9.59 Å². The molecule has 0 amide bonds. The Labute approximate surface area is 188 Å². The standard InChI is InChI=1S/C22H27BrN6O2/c1-3-4-5-6-10-13-29-18-19(28(2)22(31)26-20(18)30)25-21(29)27-24-15-17(23)14-16-11-8-7-9-12-16/h7-9,11-12,14-15H,3-6,10,13H2,1-2H3,(H,25,27)(H,26,30,31). The maximum Gasteiger partial charge on any atom is 0.329 e. The van der Waals surface area contributed by atoms with Crippen molar-refractivity contribution in [2.75, 3.05) is 5.43 Å². The fourth-order valence-electron chi connectivity index (χ4n) is 3.31. The smallest absolute Gasteiger partial charge is 0.303 e. The summed E-state index contributed by atoms with van der Waals surface area (Å²) in [5.41, 5.74) is 3.74.